The van der Waals surface area contributed by atoms with Crippen molar-refractivity contribution in [3.63, 3.8) is 0 Å². The van der Waals surface area contributed by atoms with Crippen LogP contribution in [0.1, 0.15) is 29.9 Å². The summed E-state index contributed by atoms with van der Waals surface area (Å²) >= 11 is 0. The number of benzene rings is 1. The van der Waals surface area contributed by atoms with Gasteiger partial charge in [0.25, 0.3) is 0 Å². The fraction of sp³-hybridized carbons (Fsp3) is 0.333. The van der Waals surface area contributed by atoms with E-state index in [-0.39, 0.29) is 0 Å². The molecule has 0 bridgehead atoms. The third-order valence-electron chi connectivity index (χ3n) is 3.15. The molecular formula is C15H19N3O2. The lowest BCUT2D eigenvalue weighted by atomic mass is 10.1. The summed E-state index contributed by atoms with van der Waals surface area (Å²) in [7, 11) is 0. The molecule has 0 aliphatic rings. The summed E-state index contributed by atoms with van der Waals surface area (Å²) in [5, 5.41) is 16.8. The van der Waals surface area contributed by atoms with Gasteiger partial charge in [-0.2, -0.15) is 5.10 Å². The first-order valence-corrected chi connectivity index (χ1v) is 6.66. The van der Waals surface area contributed by atoms with Crippen molar-refractivity contribution in [1.82, 2.24) is 15.1 Å². The lowest BCUT2D eigenvalue weighted by Gasteiger charge is -2.15. The van der Waals surface area contributed by atoms with Gasteiger partial charge in [-0.15, -0.1) is 0 Å². The highest BCUT2D eigenvalue weighted by Crippen LogP contribution is 2.14. The molecule has 0 fully saturated rings. The molecule has 5 heteroatoms. The number of hydrogen-bond acceptors (Lipinski definition) is 3. The fourth-order valence-electron chi connectivity index (χ4n) is 2.22. The zero-order chi connectivity index (χ0) is 14.5. The van der Waals surface area contributed by atoms with Crippen molar-refractivity contribution >= 4 is 5.97 Å². The molecular weight excluding hydrogens is 254 g/mol. The van der Waals surface area contributed by atoms with Gasteiger partial charge in [0.15, 0.2) is 0 Å². The van der Waals surface area contributed by atoms with Crippen molar-refractivity contribution in [2.24, 2.45) is 0 Å². The molecule has 0 saturated heterocycles. The van der Waals surface area contributed by atoms with E-state index in [9.17, 15) is 9.90 Å². The summed E-state index contributed by atoms with van der Waals surface area (Å²) in [6, 6.07) is 10.4. The number of carboxylic acid groups (broad SMARTS) is 1. The van der Waals surface area contributed by atoms with Crippen molar-refractivity contribution in [2.75, 3.05) is 0 Å². The second-order valence-corrected chi connectivity index (χ2v) is 4.66. The van der Waals surface area contributed by atoms with Gasteiger partial charge >= 0.3 is 5.97 Å². The molecule has 0 radical (unpaired) electrons. The number of aliphatic carboxylic acids is 1. The minimum atomic E-state index is -0.879. The summed E-state index contributed by atoms with van der Waals surface area (Å²) in [5.74, 6) is -0.879. The Balaban J connectivity index is 2.12. The van der Waals surface area contributed by atoms with Gasteiger partial charge in [0.1, 0.15) is 6.04 Å². The fourth-order valence-corrected chi connectivity index (χ4v) is 2.22. The van der Waals surface area contributed by atoms with E-state index in [1.165, 1.54) is 0 Å². The number of nitrogens with one attached hydrogen (secondary N) is 1. The molecule has 1 aromatic carbocycles. The topological polar surface area (TPSA) is 67.2 Å². The molecule has 5 nitrogen and oxygen atoms in total. The van der Waals surface area contributed by atoms with Crippen LogP contribution in [0, 0.1) is 6.92 Å². The monoisotopic (exact) mass is 273 g/mol. The van der Waals surface area contributed by atoms with Crippen LogP contribution in [0.15, 0.2) is 36.4 Å². The highest BCUT2D eigenvalue weighted by molar-refractivity contribution is 5.75. The predicted molar refractivity (Wildman–Crippen MR) is 76.3 cm³/mol. The molecule has 20 heavy (non-hydrogen) atoms. The number of carbonyl (C=O) groups is 1. The molecule has 2 N–H and O–H groups in total. The lowest BCUT2D eigenvalue weighted by molar-refractivity contribution is -0.139. The summed E-state index contributed by atoms with van der Waals surface area (Å²) < 4.78 is 1.88. The molecule has 2 aromatic rings. The van der Waals surface area contributed by atoms with Crippen molar-refractivity contribution in [3.8, 4) is 0 Å². The standard InChI is InChI=1S/C15H19N3O2/c1-3-18-13(9-11(2)17-18)10-16-14(15(19)20)12-7-5-4-6-8-12/h4-9,14,16H,3,10H2,1-2H3,(H,19,20). The van der Waals surface area contributed by atoms with E-state index >= 15 is 0 Å². The molecule has 0 amide bonds. The van der Waals surface area contributed by atoms with E-state index in [0.717, 1.165) is 23.5 Å². The van der Waals surface area contributed by atoms with Crippen LogP contribution >= 0.6 is 0 Å². The second-order valence-electron chi connectivity index (χ2n) is 4.66. The minimum absolute atomic E-state index is 0.473. The van der Waals surface area contributed by atoms with E-state index in [4.69, 9.17) is 0 Å². The summed E-state index contributed by atoms with van der Waals surface area (Å²) in [6.07, 6.45) is 0. The molecule has 0 aliphatic heterocycles. The Kier molecular flexibility index (Phi) is 4.53. The van der Waals surface area contributed by atoms with Gasteiger partial charge in [-0.05, 0) is 25.5 Å². The second kappa shape index (κ2) is 6.34. The third kappa shape index (κ3) is 3.24. The Labute approximate surface area is 118 Å². The van der Waals surface area contributed by atoms with E-state index in [1.54, 1.807) is 0 Å². The molecule has 0 aliphatic carbocycles. The Bertz CT molecular complexity index is 578. The van der Waals surface area contributed by atoms with E-state index in [1.807, 2.05) is 54.9 Å². The van der Waals surface area contributed by atoms with Crippen LogP contribution in [-0.4, -0.2) is 20.9 Å². The first kappa shape index (κ1) is 14.3. The number of aromatic nitrogens is 2. The van der Waals surface area contributed by atoms with Crippen LogP contribution in [0.4, 0.5) is 0 Å². The quantitative estimate of drug-likeness (QED) is 0.846. The van der Waals surface area contributed by atoms with Crippen molar-refractivity contribution in [3.05, 3.63) is 53.3 Å². The van der Waals surface area contributed by atoms with Crippen molar-refractivity contribution in [1.29, 1.82) is 0 Å². The Morgan fingerprint density at radius 1 is 1.40 bits per heavy atom. The molecule has 0 saturated carbocycles. The molecule has 1 atom stereocenters. The summed E-state index contributed by atoms with van der Waals surface area (Å²) in [4.78, 5) is 11.4. The Hall–Kier alpha value is -2.14. The number of rotatable bonds is 6. The minimum Gasteiger partial charge on any atom is -0.480 e. The van der Waals surface area contributed by atoms with E-state index in [2.05, 4.69) is 10.4 Å². The molecule has 2 rings (SSSR count). The highest BCUT2D eigenvalue weighted by Gasteiger charge is 2.19. The smallest absolute Gasteiger partial charge is 0.325 e. The van der Waals surface area contributed by atoms with Gasteiger partial charge in [0.2, 0.25) is 0 Å². The highest BCUT2D eigenvalue weighted by atomic mass is 16.4. The van der Waals surface area contributed by atoms with Gasteiger partial charge in [-0.25, -0.2) is 0 Å². The first-order valence-electron chi connectivity index (χ1n) is 6.66. The van der Waals surface area contributed by atoms with Crippen LogP contribution in [0.3, 0.4) is 0 Å². The van der Waals surface area contributed by atoms with E-state index in [0.29, 0.717) is 6.54 Å². The first-order chi connectivity index (χ1) is 9.61. The lowest BCUT2D eigenvalue weighted by Crippen LogP contribution is -2.29. The third-order valence-corrected chi connectivity index (χ3v) is 3.15. The maximum atomic E-state index is 11.4. The SMILES string of the molecule is CCn1nc(C)cc1CNC(C(=O)O)c1ccccc1. The molecule has 1 heterocycles. The predicted octanol–water partition coefficient (Wildman–Crippen LogP) is 2.13. The molecule has 106 valence electrons. The maximum absolute atomic E-state index is 11.4. The molecule has 1 unspecified atom stereocenters. The number of hydrogen-bond donors (Lipinski definition) is 2. The van der Waals surface area contributed by atoms with Crippen LogP contribution in [0.25, 0.3) is 0 Å². The number of carboxylic acids is 1. The number of nitrogens with zero attached hydrogens (tertiary/aromatic N) is 2. The Morgan fingerprint density at radius 3 is 2.70 bits per heavy atom. The maximum Gasteiger partial charge on any atom is 0.325 e. The van der Waals surface area contributed by atoms with Crippen LogP contribution in [0.2, 0.25) is 0 Å². The average molecular weight is 273 g/mol. The Morgan fingerprint density at radius 2 is 2.10 bits per heavy atom. The molecule has 1 aromatic heterocycles. The molecule has 0 spiro atoms. The van der Waals surface area contributed by atoms with Gasteiger partial charge in [-0.3, -0.25) is 14.8 Å². The summed E-state index contributed by atoms with van der Waals surface area (Å²) in [6.45, 7) is 5.19. The van der Waals surface area contributed by atoms with Gasteiger partial charge in [0, 0.05) is 13.1 Å². The van der Waals surface area contributed by atoms with Crippen LogP contribution in [-0.2, 0) is 17.9 Å². The van der Waals surface area contributed by atoms with Crippen LogP contribution < -0.4 is 5.32 Å². The normalized spacial score (nSPS) is 12.3. The zero-order valence-corrected chi connectivity index (χ0v) is 11.7. The summed E-state index contributed by atoms with van der Waals surface area (Å²) in [5.41, 5.74) is 2.68. The number of aryl methyl sites for hydroxylation is 2. The largest absolute Gasteiger partial charge is 0.480 e. The van der Waals surface area contributed by atoms with Crippen molar-refractivity contribution < 1.29 is 9.90 Å². The van der Waals surface area contributed by atoms with Gasteiger partial charge in [0.05, 0.1) is 11.4 Å². The van der Waals surface area contributed by atoms with Crippen LogP contribution in [0.5, 0.6) is 0 Å². The average Bonchev–Trinajstić information content (AvgIpc) is 2.80. The van der Waals surface area contributed by atoms with E-state index < -0.39 is 12.0 Å². The van der Waals surface area contributed by atoms with Crippen molar-refractivity contribution in [2.45, 2.75) is 33.0 Å². The van der Waals surface area contributed by atoms with Gasteiger partial charge in [-0.1, -0.05) is 30.3 Å². The van der Waals surface area contributed by atoms with Gasteiger partial charge < -0.3 is 5.11 Å². The zero-order valence-electron chi connectivity index (χ0n) is 11.7.